The SMILES string of the molecule is CCOC(=O)[C@]1(c2ccccc2O)ON=C(c2ccc(Cl)cc2)[C@H]1c1ccc([N+](=O)[O-])cc1. The minimum Gasteiger partial charge on any atom is -0.507 e. The standard InChI is InChI=1S/C24H19ClN2O6/c1-2-32-23(29)24(19-5-3-4-6-20(19)28)21(15-9-13-18(14-10-15)27(30)31)22(26-33-24)16-7-11-17(25)12-8-16/h3-14,21,28H,2H2,1H3/t21-,24-/m1/s1. The third kappa shape index (κ3) is 3.89. The number of non-ortho nitro benzene ring substituents is 1. The van der Waals surface area contributed by atoms with E-state index in [9.17, 15) is 20.0 Å². The van der Waals surface area contributed by atoms with Crippen LogP contribution in [0.5, 0.6) is 5.75 Å². The van der Waals surface area contributed by atoms with Crippen LogP contribution in [-0.4, -0.2) is 28.3 Å². The molecule has 3 aromatic carbocycles. The van der Waals surface area contributed by atoms with Crippen molar-refractivity contribution in [2.45, 2.75) is 18.4 Å². The van der Waals surface area contributed by atoms with Gasteiger partial charge in [0.05, 0.1) is 28.7 Å². The van der Waals surface area contributed by atoms with Crippen molar-refractivity contribution in [1.82, 2.24) is 0 Å². The van der Waals surface area contributed by atoms with E-state index in [4.69, 9.17) is 21.2 Å². The van der Waals surface area contributed by atoms with Gasteiger partial charge in [0.2, 0.25) is 0 Å². The highest BCUT2D eigenvalue weighted by Gasteiger charge is 2.59. The fraction of sp³-hybridized carbons (Fsp3) is 0.167. The van der Waals surface area contributed by atoms with E-state index < -0.39 is 22.4 Å². The molecule has 0 saturated heterocycles. The topological polar surface area (TPSA) is 111 Å². The third-order valence-corrected chi connectivity index (χ3v) is 5.68. The molecule has 33 heavy (non-hydrogen) atoms. The van der Waals surface area contributed by atoms with Crippen LogP contribution in [0.3, 0.4) is 0 Å². The van der Waals surface area contributed by atoms with Gasteiger partial charge in [0.15, 0.2) is 0 Å². The monoisotopic (exact) mass is 466 g/mol. The molecule has 2 atom stereocenters. The number of phenols is 1. The van der Waals surface area contributed by atoms with Crippen LogP contribution in [-0.2, 0) is 20.0 Å². The van der Waals surface area contributed by atoms with E-state index in [0.717, 1.165) is 0 Å². The summed E-state index contributed by atoms with van der Waals surface area (Å²) in [5, 5.41) is 26.6. The summed E-state index contributed by atoms with van der Waals surface area (Å²) in [7, 11) is 0. The largest absolute Gasteiger partial charge is 0.507 e. The van der Waals surface area contributed by atoms with Crippen LogP contribution in [0.2, 0.25) is 5.02 Å². The highest BCUT2D eigenvalue weighted by Crippen LogP contribution is 2.50. The second kappa shape index (κ2) is 8.91. The van der Waals surface area contributed by atoms with Crippen molar-refractivity contribution < 1.29 is 24.4 Å². The fourth-order valence-corrected chi connectivity index (χ4v) is 4.06. The number of ether oxygens (including phenoxy) is 1. The number of carbonyl (C=O) groups excluding carboxylic acids is 1. The zero-order valence-electron chi connectivity index (χ0n) is 17.5. The number of rotatable bonds is 6. The number of halogens is 1. The Hall–Kier alpha value is -3.91. The number of nitro groups is 1. The van der Waals surface area contributed by atoms with Crippen molar-refractivity contribution in [3.05, 3.63) is 105 Å². The summed E-state index contributed by atoms with van der Waals surface area (Å²) < 4.78 is 5.38. The first-order chi connectivity index (χ1) is 15.9. The van der Waals surface area contributed by atoms with Gasteiger partial charge in [-0.2, -0.15) is 0 Å². The van der Waals surface area contributed by atoms with Gasteiger partial charge in [0.1, 0.15) is 5.75 Å². The summed E-state index contributed by atoms with van der Waals surface area (Å²) in [6, 6.07) is 18.9. The van der Waals surface area contributed by atoms with E-state index in [1.165, 1.54) is 30.3 Å². The van der Waals surface area contributed by atoms with Gasteiger partial charge in [-0.05, 0) is 30.7 Å². The number of esters is 1. The van der Waals surface area contributed by atoms with Crippen molar-refractivity contribution >= 4 is 29.0 Å². The first-order valence-corrected chi connectivity index (χ1v) is 10.5. The Kier molecular flexibility index (Phi) is 6.02. The summed E-state index contributed by atoms with van der Waals surface area (Å²) in [6.45, 7) is 1.73. The summed E-state index contributed by atoms with van der Waals surface area (Å²) in [5.74, 6) is -1.81. The normalized spacial score (nSPS) is 19.5. The quantitative estimate of drug-likeness (QED) is 0.313. The van der Waals surface area contributed by atoms with Crippen molar-refractivity contribution in [3.63, 3.8) is 0 Å². The second-order valence-corrected chi connectivity index (χ2v) is 7.77. The zero-order chi connectivity index (χ0) is 23.6. The summed E-state index contributed by atoms with van der Waals surface area (Å²) >= 11 is 6.04. The molecule has 0 radical (unpaired) electrons. The third-order valence-electron chi connectivity index (χ3n) is 5.43. The molecule has 0 aromatic heterocycles. The number of carbonyl (C=O) groups is 1. The highest BCUT2D eigenvalue weighted by molar-refractivity contribution is 6.30. The summed E-state index contributed by atoms with van der Waals surface area (Å²) in [5.41, 5.74) is -0.261. The molecule has 0 spiro atoms. The second-order valence-electron chi connectivity index (χ2n) is 7.33. The van der Waals surface area contributed by atoms with Crippen LogP contribution in [0.25, 0.3) is 0 Å². The lowest BCUT2D eigenvalue weighted by molar-refractivity contribution is -0.384. The molecule has 0 aliphatic carbocycles. The van der Waals surface area contributed by atoms with Crippen LogP contribution >= 0.6 is 11.6 Å². The van der Waals surface area contributed by atoms with Crippen LogP contribution in [0.1, 0.15) is 29.5 Å². The van der Waals surface area contributed by atoms with E-state index in [2.05, 4.69) is 5.16 Å². The molecule has 0 amide bonds. The molecular formula is C24H19ClN2O6. The average Bonchev–Trinajstić information content (AvgIpc) is 3.21. The number of hydrogen-bond donors (Lipinski definition) is 1. The van der Waals surface area contributed by atoms with Crippen molar-refractivity contribution in [2.75, 3.05) is 6.61 Å². The van der Waals surface area contributed by atoms with Crippen molar-refractivity contribution in [2.24, 2.45) is 5.16 Å². The Labute approximate surface area is 194 Å². The van der Waals surface area contributed by atoms with Gasteiger partial charge in [0.25, 0.3) is 11.3 Å². The van der Waals surface area contributed by atoms with Gasteiger partial charge in [0, 0.05) is 22.7 Å². The van der Waals surface area contributed by atoms with Crippen molar-refractivity contribution in [3.8, 4) is 5.75 Å². The molecule has 1 aliphatic heterocycles. The maximum absolute atomic E-state index is 13.4. The first-order valence-electron chi connectivity index (χ1n) is 10.1. The summed E-state index contributed by atoms with van der Waals surface area (Å²) in [6.07, 6.45) is 0. The lowest BCUT2D eigenvalue weighted by Crippen LogP contribution is -2.44. The van der Waals surface area contributed by atoms with Crippen LogP contribution in [0.4, 0.5) is 5.69 Å². The molecule has 1 aliphatic rings. The van der Waals surface area contributed by atoms with Crippen LogP contribution in [0.15, 0.2) is 78.0 Å². The number of nitrogens with zero attached hydrogens (tertiary/aromatic N) is 2. The lowest BCUT2D eigenvalue weighted by atomic mass is 9.73. The Morgan fingerprint density at radius 3 is 2.42 bits per heavy atom. The summed E-state index contributed by atoms with van der Waals surface area (Å²) in [4.78, 5) is 30.0. The smallest absolute Gasteiger partial charge is 0.359 e. The number of hydrogen-bond acceptors (Lipinski definition) is 7. The lowest BCUT2D eigenvalue weighted by Gasteiger charge is -2.32. The van der Waals surface area contributed by atoms with Gasteiger partial charge in [-0.25, -0.2) is 4.79 Å². The number of oxime groups is 1. The average molecular weight is 467 g/mol. The Morgan fingerprint density at radius 2 is 1.82 bits per heavy atom. The van der Waals surface area contributed by atoms with E-state index in [-0.39, 0.29) is 23.6 Å². The predicted octanol–water partition coefficient (Wildman–Crippen LogP) is 4.93. The number of phenolic OH excluding ortho intramolecular Hbond substituents is 1. The highest BCUT2D eigenvalue weighted by atomic mass is 35.5. The molecule has 0 unspecified atom stereocenters. The molecule has 9 heteroatoms. The van der Waals surface area contributed by atoms with E-state index in [1.54, 1.807) is 49.4 Å². The molecular weight excluding hydrogens is 448 g/mol. The number of aromatic hydroxyl groups is 1. The van der Waals surface area contributed by atoms with E-state index in [0.29, 0.717) is 21.9 Å². The molecule has 168 valence electrons. The van der Waals surface area contributed by atoms with Gasteiger partial charge in [-0.3, -0.25) is 10.1 Å². The molecule has 0 bridgehead atoms. The van der Waals surface area contributed by atoms with Crippen LogP contribution < -0.4 is 0 Å². The Bertz CT molecular complexity index is 1230. The van der Waals surface area contributed by atoms with Gasteiger partial charge in [-0.1, -0.05) is 59.2 Å². The molecule has 1 N–H and O–H groups in total. The number of para-hydroxylation sites is 1. The van der Waals surface area contributed by atoms with E-state index in [1.807, 2.05) is 0 Å². The molecule has 0 fully saturated rings. The fourth-order valence-electron chi connectivity index (χ4n) is 3.94. The molecule has 1 heterocycles. The number of nitro benzene ring substituents is 1. The molecule has 8 nitrogen and oxygen atoms in total. The minimum atomic E-state index is -1.85. The first kappa shape index (κ1) is 22.3. The van der Waals surface area contributed by atoms with E-state index >= 15 is 0 Å². The van der Waals surface area contributed by atoms with Crippen LogP contribution in [0, 0.1) is 10.1 Å². The van der Waals surface area contributed by atoms with Crippen molar-refractivity contribution in [1.29, 1.82) is 0 Å². The predicted molar refractivity (Wildman–Crippen MR) is 121 cm³/mol. The van der Waals surface area contributed by atoms with Gasteiger partial charge >= 0.3 is 5.97 Å². The van der Waals surface area contributed by atoms with Gasteiger partial charge in [-0.15, -0.1) is 0 Å². The number of benzene rings is 3. The Balaban J connectivity index is 1.96. The van der Waals surface area contributed by atoms with Gasteiger partial charge < -0.3 is 14.7 Å². The molecule has 3 aromatic rings. The maximum Gasteiger partial charge on any atom is 0.359 e. The molecule has 0 saturated carbocycles. The maximum atomic E-state index is 13.4. The zero-order valence-corrected chi connectivity index (χ0v) is 18.2. The Morgan fingerprint density at radius 1 is 1.15 bits per heavy atom. The molecule has 4 rings (SSSR count). The minimum absolute atomic E-state index is 0.0702.